The number of hydrogen-bond donors (Lipinski definition) is 3. The van der Waals surface area contributed by atoms with E-state index >= 15 is 0 Å². The Morgan fingerprint density at radius 3 is 0.896 bits per heavy atom. The standard InChI is InChI=1S/C77H136O17P2/c1-5-9-13-17-21-25-29-31-33-34-35-36-38-40-44-46-50-54-58-62-75(80)88-68-73(94-77(82)64-60-56-52-48-42-28-24-20-16-12-8-4)70-92-96(85,86)90-66-71(78)65-89-95(83,84)91-69-72(93-76(81)63-59-55-51-47-41-27-23-19-15-11-7-3)67-87-74(79)61-57-53-49-45-43-39-37-32-30-26-22-18-14-10-6-2/h9,13,20-22,24-26,31-33,35-37,71-73,78H,5-8,10-12,14-19,23,27-30,34,38-70H2,1-4H3,(H,83,84)(H,85,86)/b13-9-,24-20-,25-21-,26-22-,33-31-,36-35-,37-32-. The third-order valence-corrected chi connectivity index (χ3v) is 17.7. The summed E-state index contributed by atoms with van der Waals surface area (Å²) < 4.78 is 68.4. The summed E-state index contributed by atoms with van der Waals surface area (Å²) in [5.41, 5.74) is 0. The van der Waals surface area contributed by atoms with E-state index in [1.807, 2.05) is 0 Å². The number of unbranched alkanes of at least 4 members (excludes halogenated alkanes) is 31. The third kappa shape index (κ3) is 68.8. The fraction of sp³-hybridized carbons (Fsp3) is 0.766. The summed E-state index contributed by atoms with van der Waals surface area (Å²) >= 11 is 0. The molecule has 0 aromatic carbocycles. The molecule has 0 radical (unpaired) electrons. The second-order valence-electron chi connectivity index (χ2n) is 25.2. The van der Waals surface area contributed by atoms with Gasteiger partial charge >= 0.3 is 39.5 Å². The number of aliphatic hydroxyl groups excluding tert-OH is 1. The monoisotopic (exact) mass is 1390 g/mol. The van der Waals surface area contributed by atoms with E-state index in [1.165, 1.54) is 70.6 Å². The maximum Gasteiger partial charge on any atom is 0.472 e. The predicted octanol–water partition coefficient (Wildman–Crippen LogP) is 21.4. The zero-order chi connectivity index (χ0) is 70.4. The van der Waals surface area contributed by atoms with Crippen molar-refractivity contribution in [2.75, 3.05) is 39.6 Å². The molecule has 0 fully saturated rings. The van der Waals surface area contributed by atoms with E-state index in [9.17, 15) is 43.2 Å². The molecule has 5 unspecified atom stereocenters. The molecule has 0 heterocycles. The van der Waals surface area contributed by atoms with E-state index in [4.69, 9.17) is 37.0 Å². The molecule has 0 aliphatic rings. The van der Waals surface area contributed by atoms with Crippen molar-refractivity contribution >= 4 is 39.5 Å². The number of ether oxygens (including phenoxy) is 4. The molecule has 0 saturated carbocycles. The summed E-state index contributed by atoms with van der Waals surface area (Å²) in [4.78, 5) is 72.7. The van der Waals surface area contributed by atoms with E-state index < -0.39 is 97.5 Å². The highest BCUT2D eigenvalue weighted by Gasteiger charge is 2.30. The predicted molar refractivity (Wildman–Crippen MR) is 390 cm³/mol. The first-order chi connectivity index (χ1) is 46.7. The number of phosphoric acid groups is 2. The second kappa shape index (κ2) is 69.7. The van der Waals surface area contributed by atoms with Gasteiger partial charge in [-0.15, -0.1) is 0 Å². The Labute approximate surface area is 583 Å². The molecule has 0 aliphatic heterocycles. The smallest absolute Gasteiger partial charge is 0.462 e. The summed E-state index contributed by atoms with van der Waals surface area (Å²) in [6.07, 6.45) is 70.1. The lowest BCUT2D eigenvalue weighted by Gasteiger charge is -2.21. The molecule has 0 aromatic rings. The van der Waals surface area contributed by atoms with Crippen LogP contribution in [0.4, 0.5) is 0 Å². The number of esters is 4. The maximum absolute atomic E-state index is 13.0. The van der Waals surface area contributed by atoms with Gasteiger partial charge in [0.05, 0.1) is 26.4 Å². The van der Waals surface area contributed by atoms with Crippen molar-refractivity contribution in [3.8, 4) is 0 Å². The van der Waals surface area contributed by atoms with Crippen LogP contribution in [0.2, 0.25) is 0 Å². The molecule has 0 aliphatic carbocycles. The summed E-state index contributed by atoms with van der Waals surface area (Å²) in [6, 6.07) is 0. The topological polar surface area (TPSA) is 237 Å². The number of allylic oxidation sites excluding steroid dienone is 14. The van der Waals surface area contributed by atoms with Crippen LogP contribution in [-0.2, 0) is 65.4 Å². The highest BCUT2D eigenvalue weighted by molar-refractivity contribution is 7.47. The van der Waals surface area contributed by atoms with Crippen molar-refractivity contribution in [3.05, 3.63) is 85.1 Å². The highest BCUT2D eigenvalue weighted by atomic mass is 31.2. The Hall–Kier alpha value is -3.76. The molecule has 3 N–H and O–H groups in total. The summed E-state index contributed by atoms with van der Waals surface area (Å²) in [7, 11) is -9.94. The number of carbonyl (C=O) groups is 4. The van der Waals surface area contributed by atoms with Crippen molar-refractivity contribution in [1.82, 2.24) is 0 Å². The Kier molecular flexibility index (Phi) is 67.0. The molecule has 0 amide bonds. The van der Waals surface area contributed by atoms with E-state index in [1.54, 1.807) is 0 Å². The van der Waals surface area contributed by atoms with E-state index in [-0.39, 0.29) is 25.7 Å². The van der Waals surface area contributed by atoms with Crippen LogP contribution >= 0.6 is 15.6 Å². The Balaban J connectivity index is 5.28. The number of aliphatic hydroxyl groups is 1. The molecule has 0 bridgehead atoms. The van der Waals surface area contributed by atoms with Gasteiger partial charge < -0.3 is 33.8 Å². The van der Waals surface area contributed by atoms with Crippen LogP contribution in [0.25, 0.3) is 0 Å². The lowest BCUT2D eigenvalue weighted by molar-refractivity contribution is -0.161. The first-order valence-corrected chi connectivity index (χ1v) is 40.8. The van der Waals surface area contributed by atoms with Gasteiger partial charge in [0.1, 0.15) is 19.3 Å². The first kappa shape index (κ1) is 92.2. The third-order valence-electron chi connectivity index (χ3n) is 15.8. The van der Waals surface area contributed by atoms with Crippen LogP contribution in [-0.4, -0.2) is 96.7 Å². The number of rotatable bonds is 71. The van der Waals surface area contributed by atoms with Crippen LogP contribution in [0.5, 0.6) is 0 Å². The van der Waals surface area contributed by atoms with Crippen LogP contribution in [0, 0.1) is 0 Å². The average Bonchev–Trinajstić information content (AvgIpc) is 1.15. The lowest BCUT2D eigenvalue weighted by atomic mass is 10.1. The van der Waals surface area contributed by atoms with Gasteiger partial charge in [-0.3, -0.25) is 37.3 Å². The van der Waals surface area contributed by atoms with Crippen molar-refractivity contribution in [1.29, 1.82) is 0 Å². The van der Waals surface area contributed by atoms with Crippen LogP contribution < -0.4 is 0 Å². The molecule has 0 aromatic heterocycles. The van der Waals surface area contributed by atoms with Crippen LogP contribution in [0.3, 0.4) is 0 Å². The van der Waals surface area contributed by atoms with Crippen molar-refractivity contribution in [2.45, 2.75) is 341 Å². The molecule has 0 saturated heterocycles. The van der Waals surface area contributed by atoms with E-state index in [2.05, 4.69) is 113 Å². The lowest BCUT2D eigenvalue weighted by Crippen LogP contribution is -2.30. The number of phosphoric ester groups is 2. The summed E-state index contributed by atoms with van der Waals surface area (Å²) in [6.45, 7) is 4.67. The molecule has 19 heteroatoms. The number of hydrogen-bond acceptors (Lipinski definition) is 15. The Morgan fingerprint density at radius 2 is 0.552 bits per heavy atom. The SMILES string of the molecule is CC/C=C\C/C=C\C/C=C\C/C=C\CCCCCCCCC(=O)OCC(COP(=O)(O)OCC(O)COP(=O)(O)OCC(COC(=O)CCCCCCC/C=C\C/C=C\CCCCC)OC(=O)CCCCCCCCCCCCC)OC(=O)CCCCCCC/C=C\CCCC. The minimum absolute atomic E-state index is 0.0820. The highest BCUT2D eigenvalue weighted by Crippen LogP contribution is 2.45. The molecule has 556 valence electrons. The van der Waals surface area contributed by atoms with E-state index in [0.717, 1.165) is 173 Å². The van der Waals surface area contributed by atoms with Gasteiger partial charge in [0.25, 0.3) is 0 Å². The quantitative estimate of drug-likeness (QED) is 0.0169. The van der Waals surface area contributed by atoms with Crippen molar-refractivity contribution in [2.24, 2.45) is 0 Å². The van der Waals surface area contributed by atoms with Gasteiger partial charge in [-0.05, 0) is 116 Å². The molecule has 0 rings (SSSR count). The fourth-order valence-corrected chi connectivity index (χ4v) is 11.6. The van der Waals surface area contributed by atoms with E-state index in [0.29, 0.717) is 25.7 Å². The Morgan fingerprint density at radius 1 is 0.302 bits per heavy atom. The molecule has 0 spiro atoms. The summed E-state index contributed by atoms with van der Waals surface area (Å²) in [5.74, 6) is -2.20. The molecule has 96 heavy (non-hydrogen) atoms. The summed E-state index contributed by atoms with van der Waals surface area (Å²) in [5, 5.41) is 10.6. The molecule has 5 atom stereocenters. The minimum Gasteiger partial charge on any atom is -0.462 e. The molecular weight excluding hydrogens is 1260 g/mol. The van der Waals surface area contributed by atoms with Gasteiger partial charge in [-0.1, -0.05) is 267 Å². The van der Waals surface area contributed by atoms with Crippen molar-refractivity contribution < 1.29 is 80.2 Å². The molecule has 17 nitrogen and oxygen atoms in total. The zero-order valence-corrected chi connectivity index (χ0v) is 62.3. The second-order valence-corrected chi connectivity index (χ2v) is 28.1. The van der Waals surface area contributed by atoms with Crippen LogP contribution in [0.15, 0.2) is 85.1 Å². The Bertz CT molecular complexity index is 2160. The largest absolute Gasteiger partial charge is 0.472 e. The normalized spacial score (nSPS) is 14.4. The fourth-order valence-electron chi connectivity index (χ4n) is 10.0. The molecular formula is C77H136O17P2. The average molecular weight is 1400 g/mol. The van der Waals surface area contributed by atoms with Gasteiger partial charge in [-0.2, -0.15) is 0 Å². The van der Waals surface area contributed by atoms with Gasteiger partial charge in [0.2, 0.25) is 0 Å². The maximum atomic E-state index is 13.0. The van der Waals surface area contributed by atoms with Gasteiger partial charge in [0, 0.05) is 25.7 Å². The van der Waals surface area contributed by atoms with Crippen LogP contribution in [0.1, 0.15) is 323 Å². The van der Waals surface area contributed by atoms with Crippen molar-refractivity contribution in [3.63, 3.8) is 0 Å². The number of carbonyl (C=O) groups excluding carboxylic acids is 4. The van der Waals surface area contributed by atoms with Gasteiger partial charge in [-0.25, -0.2) is 9.13 Å². The van der Waals surface area contributed by atoms with Gasteiger partial charge in [0.15, 0.2) is 12.2 Å². The first-order valence-electron chi connectivity index (χ1n) is 37.8. The zero-order valence-electron chi connectivity index (χ0n) is 60.5. The minimum atomic E-state index is -4.97.